The van der Waals surface area contributed by atoms with Crippen LogP contribution in [-0.2, 0) is 4.74 Å². The number of anilines is 1. The van der Waals surface area contributed by atoms with E-state index in [-0.39, 0.29) is 18.1 Å². The standard InChI is InChI=1S/C22H25N5O2/c1-29-20-10-16-12-27(22(28)14-5-6-17-18(8-14)25-13-24-17)11-15(16)9-19(20)26-21-4-2-3-7-23-21/h2-8,13,15-16,19-20H,9-12H2,1H3,(H,23,26)(H,24,25)/t15-,16+,19-,20-/m1/s1. The van der Waals surface area contributed by atoms with Crippen LogP contribution in [0.15, 0.2) is 48.9 Å². The van der Waals surface area contributed by atoms with E-state index < -0.39 is 0 Å². The monoisotopic (exact) mass is 391 g/mol. The maximum Gasteiger partial charge on any atom is 0.253 e. The highest BCUT2D eigenvalue weighted by Crippen LogP contribution is 2.39. The predicted molar refractivity (Wildman–Crippen MR) is 111 cm³/mol. The quantitative estimate of drug-likeness (QED) is 0.715. The number of ether oxygens (including phenoxy) is 1. The number of benzene rings is 1. The molecular formula is C22H25N5O2. The molecule has 3 aromatic rings. The number of imidazole rings is 1. The van der Waals surface area contributed by atoms with Gasteiger partial charge >= 0.3 is 0 Å². The van der Waals surface area contributed by atoms with Crippen LogP contribution in [-0.4, -0.2) is 58.1 Å². The summed E-state index contributed by atoms with van der Waals surface area (Å²) in [6.07, 6.45) is 5.50. The van der Waals surface area contributed by atoms with Crippen molar-refractivity contribution in [3.8, 4) is 0 Å². The Hall–Kier alpha value is -2.93. The Morgan fingerprint density at radius 1 is 1.17 bits per heavy atom. The molecule has 1 saturated carbocycles. The lowest BCUT2D eigenvalue weighted by molar-refractivity contribution is 0.0304. The summed E-state index contributed by atoms with van der Waals surface area (Å²) in [4.78, 5) is 26.8. The lowest BCUT2D eigenvalue weighted by atomic mass is 9.77. The molecule has 0 bridgehead atoms. The normalized spacial score (nSPS) is 26.4. The average molecular weight is 391 g/mol. The molecule has 2 N–H and O–H groups in total. The number of carbonyl (C=O) groups is 1. The first kappa shape index (κ1) is 18.1. The smallest absolute Gasteiger partial charge is 0.253 e. The van der Waals surface area contributed by atoms with Crippen LogP contribution in [0.5, 0.6) is 0 Å². The first-order valence-electron chi connectivity index (χ1n) is 10.1. The average Bonchev–Trinajstić information content (AvgIpc) is 3.39. The fraction of sp³-hybridized carbons (Fsp3) is 0.409. The van der Waals surface area contributed by atoms with E-state index in [1.807, 2.05) is 41.3 Å². The zero-order valence-electron chi connectivity index (χ0n) is 16.4. The summed E-state index contributed by atoms with van der Waals surface area (Å²) in [6, 6.07) is 11.7. The van der Waals surface area contributed by atoms with Crippen LogP contribution in [0.2, 0.25) is 0 Å². The van der Waals surface area contributed by atoms with Crippen molar-refractivity contribution in [2.45, 2.75) is 25.0 Å². The minimum atomic E-state index is 0.0964. The van der Waals surface area contributed by atoms with Gasteiger partial charge in [0.1, 0.15) is 5.82 Å². The lowest BCUT2D eigenvalue weighted by Gasteiger charge is -2.37. The third-order valence-electron chi connectivity index (χ3n) is 6.37. The van der Waals surface area contributed by atoms with Gasteiger partial charge in [0.2, 0.25) is 0 Å². The number of hydrogen-bond acceptors (Lipinski definition) is 5. The highest BCUT2D eigenvalue weighted by atomic mass is 16.5. The van der Waals surface area contributed by atoms with Gasteiger partial charge in [0.15, 0.2) is 0 Å². The Morgan fingerprint density at radius 2 is 2.03 bits per heavy atom. The maximum atomic E-state index is 13.1. The van der Waals surface area contributed by atoms with Gasteiger partial charge in [-0.3, -0.25) is 4.79 Å². The Bertz CT molecular complexity index is 1000. The van der Waals surface area contributed by atoms with Crippen molar-refractivity contribution in [3.05, 3.63) is 54.5 Å². The minimum Gasteiger partial charge on any atom is -0.379 e. The molecule has 4 atom stereocenters. The Kier molecular flexibility index (Phi) is 4.67. The summed E-state index contributed by atoms with van der Waals surface area (Å²) in [6.45, 7) is 1.59. The molecule has 29 heavy (non-hydrogen) atoms. The molecule has 5 rings (SSSR count). The third kappa shape index (κ3) is 3.46. The van der Waals surface area contributed by atoms with Gasteiger partial charge in [0, 0.05) is 32.0 Å². The van der Waals surface area contributed by atoms with Crippen molar-refractivity contribution in [1.29, 1.82) is 0 Å². The van der Waals surface area contributed by atoms with E-state index in [4.69, 9.17) is 4.74 Å². The van der Waals surface area contributed by atoms with Crippen LogP contribution < -0.4 is 5.32 Å². The van der Waals surface area contributed by atoms with Crippen LogP contribution >= 0.6 is 0 Å². The number of amides is 1. The Balaban J connectivity index is 1.30. The third-order valence-corrected chi connectivity index (χ3v) is 6.37. The second-order valence-electron chi connectivity index (χ2n) is 8.08. The maximum absolute atomic E-state index is 13.1. The second-order valence-corrected chi connectivity index (χ2v) is 8.08. The topological polar surface area (TPSA) is 83.1 Å². The first-order chi connectivity index (χ1) is 14.2. The van der Waals surface area contributed by atoms with Crippen LogP contribution in [0.1, 0.15) is 23.2 Å². The zero-order valence-corrected chi connectivity index (χ0v) is 16.4. The van der Waals surface area contributed by atoms with E-state index in [1.165, 1.54) is 0 Å². The van der Waals surface area contributed by atoms with Crippen LogP contribution in [0.3, 0.4) is 0 Å². The van der Waals surface area contributed by atoms with Gasteiger partial charge in [-0.15, -0.1) is 0 Å². The number of rotatable bonds is 4. The van der Waals surface area contributed by atoms with Crippen molar-refractivity contribution >= 4 is 22.8 Å². The molecule has 3 heterocycles. The SMILES string of the molecule is CO[C@@H]1C[C@H]2CN(C(=O)c3ccc4nc[nH]c4c3)C[C@H]2C[C@H]1Nc1ccccn1. The number of pyridine rings is 1. The summed E-state index contributed by atoms with van der Waals surface area (Å²) in [5, 5.41) is 3.54. The van der Waals surface area contributed by atoms with E-state index in [0.717, 1.165) is 42.8 Å². The molecule has 1 saturated heterocycles. The Morgan fingerprint density at radius 3 is 2.83 bits per heavy atom. The molecule has 1 aromatic carbocycles. The predicted octanol–water partition coefficient (Wildman–Crippen LogP) is 2.94. The number of aromatic amines is 1. The molecule has 0 unspecified atom stereocenters. The van der Waals surface area contributed by atoms with Crippen LogP contribution in [0.4, 0.5) is 5.82 Å². The molecule has 150 valence electrons. The highest BCUT2D eigenvalue weighted by molar-refractivity contribution is 5.97. The van der Waals surface area contributed by atoms with Crippen molar-refractivity contribution in [3.63, 3.8) is 0 Å². The number of hydrogen-bond donors (Lipinski definition) is 2. The van der Waals surface area contributed by atoms with E-state index in [0.29, 0.717) is 17.4 Å². The summed E-state index contributed by atoms with van der Waals surface area (Å²) in [7, 11) is 1.77. The van der Waals surface area contributed by atoms with Gasteiger partial charge in [-0.05, 0) is 55.0 Å². The van der Waals surface area contributed by atoms with Gasteiger partial charge in [0.25, 0.3) is 5.91 Å². The van der Waals surface area contributed by atoms with Gasteiger partial charge in [-0.25, -0.2) is 9.97 Å². The molecule has 7 heteroatoms. The van der Waals surface area contributed by atoms with Gasteiger partial charge < -0.3 is 19.9 Å². The van der Waals surface area contributed by atoms with Gasteiger partial charge in [0.05, 0.1) is 29.5 Å². The summed E-state index contributed by atoms with van der Waals surface area (Å²) in [5.41, 5.74) is 2.49. The van der Waals surface area contributed by atoms with Crippen molar-refractivity contribution in [2.24, 2.45) is 11.8 Å². The summed E-state index contributed by atoms with van der Waals surface area (Å²) in [5.74, 6) is 1.92. The lowest BCUT2D eigenvalue weighted by Crippen LogP contribution is -2.44. The van der Waals surface area contributed by atoms with Gasteiger partial charge in [-0.1, -0.05) is 6.07 Å². The van der Waals surface area contributed by atoms with E-state index in [9.17, 15) is 4.79 Å². The molecule has 0 spiro atoms. The number of fused-ring (bicyclic) bond motifs is 2. The number of nitrogens with one attached hydrogen (secondary N) is 2. The fourth-order valence-corrected chi connectivity index (χ4v) is 4.88. The largest absolute Gasteiger partial charge is 0.379 e. The molecule has 2 fully saturated rings. The summed E-state index contributed by atoms with van der Waals surface area (Å²) < 4.78 is 5.80. The number of aromatic nitrogens is 3. The number of likely N-dealkylation sites (tertiary alicyclic amines) is 1. The van der Waals surface area contributed by atoms with E-state index in [2.05, 4.69) is 20.3 Å². The van der Waals surface area contributed by atoms with Crippen molar-refractivity contribution < 1.29 is 9.53 Å². The molecule has 2 aliphatic rings. The van der Waals surface area contributed by atoms with Gasteiger partial charge in [-0.2, -0.15) is 0 Å². The van der Waals surface area contributed by atoms with Crippen LogP contribution in [0.25, 0.3) is 11.0 Å². The fourth-order valence-electron chi connectivity index (χ4n) is 4.88. The highest BCUT2D eigenvalue weighted by Gasteiger charge is 2.43. The minimum absolute atomic E-state index is 0.0964. The molecule has 1 amide bonds. The molecule has 0 radical (unpaired) electrons. The van der Waals surface area contributed by atoms with Crippen LogP contribution in [0, 0.1) is 11.8 Å². The zero-order chi connectivity index (χ0) is 19.8. The number of nitrogens with zero attached hydrogens (tertiary/aromatic N) is 3. The number of carbonyl (C=O) groups excluding carboxylic acids is 1. The molecule has 1 aliphatic heterocycles. The van der Waals surface area contributed by atoms with E-state index >= 15 is 0 Å². The molecular weight excluding hydrogens is 366 g/mol. The first-order valence-corrected chi connectivity index (χ1v) is 10.1. The number of H-pyrrole nitrogens is 1. The van der Waals surface area contributed by atoms with E-state index in [1.54, 1.807) is 19.6 Å². The molecule has 7 nitrogen and oxygen atoms in total. The molecule has 1 aliphatic carbocycles. The van der Waals surface area contributed by atoms with Crippen molar-refractivity contribution in [2.75, 3.05) is 25.5 Å². The number of methoxy groups -OCH3 is 1. The van der Waals surface area contributed by atoms with Crippen molar-refractivity contribution in [1.82, 2.24) is 19.9 Å². The molecule has 2 aromatic heterocycles. The summed E-state index contributed by atoms with van der Waals surface area (Å²) >= 11 is 0. The second kappa shape index (κ2) is 7.48. The Labute approximate surface area is 169 Å².